The number of carbonyl (C=O) groups excluding carboxylic acids is 1. The average molecular weight is 307 g/mol. The van der Waals surface area contributed by atoms with Gasteiger partial charge in [0.25, 0.3) is 5.91 Å². The number of aryl methyl sites for hydroxylation is 2. The summed E-state index contributed by atoms with van der Waals surface area (Å²) in [5.41, 5.74) is 1.43. The summed E-state index contributed by atoms with van der Waals surface area (Å²) in [6.07, 6.45) is 2.07. The molecule has 0 aliphatic carbocycles. The highest BCUT2D eigenvalue weighted by Crippen LogP contribution is 2.42. The molecule has 0 unspecified atom stereocenters. The van der Waals surface area contributed by atoms with Crippen molar-refractivity contribution < 1.29 is 14.3 Å². The molecule has 6 heteroatoms. The second-order valence-electron chi connectivity index (χ2n) is 6.33. The van der Waals surface area contributed by atoms with E-state index in [-0.39, 0.29) is 11.5 Å². The van der Waals surface area contributed by atoms with E-state index in [1.54, 1.807) is 11.8 Å². The summed E-state index contributed by atoms with van der Waals surface area (Å²) in [7, 11) is 1.73. The molecule has 3 heterocycles. The van der Waals surface area contributed by atoms with Crippen LogP contribution in [-0.2, 0) is 16.0 Å². The molecule has 1 amide bonds. The largest absolute Gasteiger partial charge is 0.385 e. The van der Waals surface area contributed by atoms with Crippen molar-refractivity contribution >= 4 is 5.91 Å². The fourth-order valence-corrected chi connectivity index (χ4v) is 3.67. The Kier molecular flexibility index (Phi) is 4.23. The minimum Gasteiger partial charge on any atom is -0.385 e. The number of hydrogen-bond donors (Lipinski definition) is 0. The summed E-state index contributed by atoms with van der Waals surface area (Å²) in [6, 6.07) is 1.87. The van der Waals surface area contributed by atoms with Crippen molar-refractivity contribution in [2.24, 2.45) is 5.92 Å². The first-order chi connectivity index (χ1) is 10.6. The Morgan fingerprint density at radius 1 is 1.55 bits per heavy atom. The number of methoxy groups -OCH3 is 1. The van der Waals surface area contributed by atoms with Crippen LogP contribution in [0.4, 0.5) is 0 Å². The van der Waals surface area contributed by atoms with Crippen molar-refractivity contribution in [1.29, 1.82) is 0 Å². The van der Waals surface area contributed by atoms with Gasteiger partial charge in [-0.2, -0.15) is 5.10 Å². The fourth-order valence-electron chi connectivity index (χ4n) is 3.67. The van der Waals surface area contributed by atoms with Crippen LogP contribution in [0.15, 0.2) is 6.07 Å². The number of likely N-dealkylation sites (tertiary alicyclic amines) is 1. The smallest absolute Gasteiger partial charge is 0.272 e. The Morgan fingerprint density at radius 3 is 3.00 bits per heavy atom. The van der Waals surface area contributed by atoms with Crippen molar-refractivity contribution in [2.45, 2.75) is 38.8 Å². The highest BCUT2D eigenvalue weighted by Gasteiger charge is 2.54. The number of ether oxygens (including phenoxy) is 2. The van der Waals surface area contributed by atoms with E-state index in [0.29, 0.717) is 31.2 Å². The lowest BCUT2D eigenvalue weighted by molar-refractivity contribution is -0.120. The summed E-state index contributed by atoms with van der Waals surface area (Å²) in [5.74, 6) is 0.559. The molecule has 1 atom stereocenters. The van der Waals surface area contributed by atoms with Crippen LogP contribution in [0.1, 0.15) is 35.9 Å². The zero-order valence-electron chi connectivity index (χ0n) is 13.7. The molecule has 0 bridgehead atoms. The highest BCUT2D eigenvalue weighted by molar-refractivity contribution is 5.93. The Bertz CT molecular complexity index is 549. The predicted octanol–water partition coefficient (Wildman–Crippen LogP) is 1.48. The van der Waals surface area contributed by atoms with Gasteiger partial charge >= 0.3 is 0 Å². The highest BCUT2D eigenvalue weighted by atomic mass is 16.5. The Labute approximate surface area is 131 Å². The van der Waals surface area contributed by atoms with E-state index in [9.17, 15) is 4.79 Å². The third kappa shape index (κ3) is 2.54. The SMILES string of the molecule is CCn1nc(C)cc1C(=O)N1CC2(C1)OCC[C@H]2CCOC. The number of hydrogen-bond acceptors (Lipinski definition) is 4. The van der Waals surface area contributed by atoms with Crippen molar-refractivity contribution in [3.8, 4) is 0 Å². The van der Waals surface area contributed by atoms with E-state index in [1.165, 1.54) is 0 Å². The van der Waals surface area contributed by atoms with E-state index in [2.05, 4.69) is 5.10 Å². The normalized spacial score (nSPS) is 23.0. The summed E-state index contributed by atoms with van der Waals surface area (Å²) in [6.45, 7) is 7.56. The first-order valence-corrected chi connectivity index (χ1v) is 8.06. The Hall–Kier alpha value is -1.40. The van der Waals surface area contributed by atoms with Gasteiger partial charge in [0.15, 0.2) is 0 Å². The number of rotatable bonds is 5. The minimum absolute atomic E-state index is 0.0640. The quantitative estimate of drug-likeness (QED) is 0.827. The van der Waals surface area contributed by atoms with E-state index in [1.807, 2.05) is 24.8 Å². The van der Waals surface area contributed by atoms with E-state index in [4.69, 9.17) is 9.47 Å². The molecule has 2 aliphatic rings. The molecule has 2 aliphatic heterocycles. The maximum Gasteiger partial charge on any atom is 0.272 e. The van der Waals surface area contributed by atoms with Crippen molar-refractivity contribution in [3.63, 3.8) is 0 Å². The van der Waals surface area contributed by atoms with Crippen LogP contribution >= 0.6 is 0 Å². The van der Waals surface area contributed by atoms with Gasteiger partial charge < -0.3 is 14.4 Å². The van der Waals surface area contributed by atoms with Crippen LogP contribution in [-0.4, -0.2) is 59.6 Å². The second-order valence-corrected chi connectivity index (χ2v) is 6.33. The van der Waals surface area contributed by atoms with Crippen molar-refractivity contribution in [1.82, 2.24) is 14.7 Å². The average Bonchev–Trinajstić information content (AvgIpc) is 3.05. The summed E-state index contributed by atoms with van der Waals surface area (Å²) in [5, 5.41) is 4.36. The lowest BCUT2D eigenvalue weighted by Crippen LogP contribution is -2.66. The van der Waals surface area contributed by atoms with Crippen LogP contribution in [0.2, 0.25) is 0 Å². The summed E-state index contributed by atoms with van der Waals surface area (Å²) >= 11 is 0. The molecule has 2 fully saturated rings. The van der Waals surface area contributed by atoms with Crippen molar-refractivity contribution in [3.05, 3.63) is 17.5 Å². The molecule has 1 spiro atoms. The topological polar surface area (TPSA) is 56.6 Å². The lowest BCUT2D eigenvalue weighted by atomic mass is 9.79. The Balaban J connectivity index is 1.66. The number of aromatic nitrogens is 2. The molecule has 0 aromatic carbocycles. The molecule has 0 N–H and O–H groups in total. The van der Waals surface area contributed by atoms with Crippen molar-refractivity contribution in [2.75, 3.05) is 33.4 Å². The molecular weight excluding hydrogens is 282 g/mol. The van der Waals surface area contributed by atoms with Crippen LogP contribution in [0.5, 0.6) is 0 Å². The first-order valence-electron chi connectivity index (χ1n) is 8.06. The second kappa shape index (κ2) is 6.01. The van der Waals surface area contributed by atoms with Gasteiger partial charge in [-0.05, 0) is 38.7 Å². The van der Waals surface area contributed by atoms with Gasteiger partial charge in [-0.1, -0.05) is 0 Å². The molecule has 0 radical (unpaired) electrons. The molecule has 1 aromatic rings. The van der Waals surface area contributed by atoms with Gasteiger partial charge in [0.1, 0.15) is 11.3 Å². The van der Waals surface area contributed by atoms with Gasteiger partial charge in [-0.15, -0.1) is 0 Å². The number of carbonyl (C=O) groups is 1. The lowest BCUT2D eigenvalue weighted by Gasteiger charge is -2.50. The maximum absolute atomic E-state index is 12.7. The predicted molar refractivity (Wildman–Crippen MR) is 81.8 cm³/mol. The standard InChI is InChI=1S/C16H25N3O3/c1-4-19-14(9-12(2)17-19)15(20)18-10-16(11-18)13(5-7-21-3)6-8-22-16/h9,13H,4-8,10-11H2,1-3H3/t13-/m1/s1. The monoisotopic (exact) mass is 307 g/mol. The Morgan fingerprint density at radius 2 is 2.32 bits per heavy atom. The maximum atomic E-state index is 12.7. The van der Waals surface area contributed by atoms with Gasteiger partial charge in [-0.25, -0.2) is 0 Å². The fraction of sp³-hybridized carbons (Fsp3) is 0.750. The first kappa shape index (κ1) is 15.5. The van der Waals surface area contributed by atoms with Gasteiger partial charge in [0, 0.05) is 26.9 Å². The van der Waals surface area contributed by atoms with Gasteiger partial charge in [0.05, 0.1) is 18.8 Å². The minimum atomic E-state index is -0.139. The summed E-state index contributed by atoms with van der Waals surface area (Å²) < 4.78 is 13.0. The molecule has 0 saturated carbocycles. The number of amides is 1. The molecule has 122 valence electrons. The van der Waals surface area contributed by atoms with Gasteiger partial charge in [0.2, 0.25) is 0 Å². The van der Waals surface area contributed by atoms with E-state index in [0.717, 1.165) is 31.7 Å². The van der Waals surface area contributed by atoms with Crippen LogP contribution in [0, 0.1) is 12.8 Å². The molecule has 2 saturated heterocycles. The zero-order chi connectivity index (χ0) is 15.7. The zero-order valence-corrected chi connectivity index (χ0v) is 13.7. The molecule has 6 nitrogen and oxygen atoms in total. The van der Waals surface area contributed by atoms with Gasteiger partial charge in [-0.3, -0.25) is 9.48 Å². The van der Waals surface area contributed by atoms with Crippen LogP contribution in [0.25, 0.3) is 0 Å². The third-order valence-electron chi connectivity index (χ3n) is 4.90. The molecule has 1 aromatic heterocycles. The van der Waals surface area contributed by atoms with E-state index >= 15 is 0 Å². The number of nitrogens with zero attached hydrogens (tertiary/aromatic N) is 3. The summed E-state index contributed by atoms with van der Waals surface area (Å²) in [4.78, 5) is 14.5. The third-order valence-corrected chi connectivity index (χ3v) is 4.90. The molecule has 22 heavy (non-hydrogen) atoms. The van der Waals surface area contributed by atoms with Crippen LogP contribution in [0.3, 0.4) is 0 Å². The molecule has 3 rings (SSSR count). The van der Waals surface area contributed by atoms with Crippen LogP contribution < -0.4 is 0 Å². The molecular formula is C16H25N3O3. The van der Waals surface area contributed by atoms with E-state index < -0.39 is 0 Å².